The van der Waals surface area contributed by atoms with Crippen molar-refractivity contribution < 1.29 is 14.6 Å². The van der Waals surface area contributed by atoms with Gasteiger partial charge in [-0.1, -0.05) is 28.1 Å². The van der Waals surface area contributed by atoms with Crippen molar-refractivity contribution in [1.29, 1.82) is 1.43 Å². The Morgan fingerprint density at radius 2 is 1.84 bits per heavy atom. The molecule has 0 amide bonds. The monoisotopic (exact) mass is 322 g/mol. The van der Waals surface area contributed by atoms with E-state index in [0.717, 1.165) is 5.56 Å². The Balaban J connectivity index is 2.17. The number of alkyl halides is 1. The molecule has 0 spiro atoms. The normalized spacial score (nSPS) is 12.4. The Morgan fingerprint density at radius 3 is 2.37 bits per heavy atom. The third kappa shape index (κ3) is 3.15. The molecule has 0 aromatic heterocycles. The number of ketones is 1. The number of carbonyl (C=O) groups excluding carboxylic acids is 1. The van der Waals surface area contributed by atoms with Crippen LogP contribution in [0.1, 0.15) is 20.7 Å². The lowest BCUT2D eigenvalue weighted by Crippen LogP contribution is -2.06. The fourth-order valence-corrected chi connectivity index (χ4v) is 2.26. The number of benzene rings is 2. The Morgan fingerprint density at radius 1 is 1.21 bits per heavy atom. The molecule has 0 radical (unpaired) electrons. The van der Waals surface area contributed by atoms with E-state index in [9.17, 15) is 4.79 Å². The summed E-state index contributed by atoms with van der Waals surface area (Å²) >= 11 is 3.40. The lowest BCUT2D eigenvalue weighted by atomic mass is 10.0. The van der Waals surface area contributed by atoms with E-state index >= 15 is 0 Å². The molecule has 4 heteroatoms. The molecule has 1 N–H and O–H groups in total. The lowest BCUT2D eigenvalue weighted by Gasteiger charge is -2.10. The first-order valence-electron chi connectivity index (χ1n) is 6.12. The summed E-state index contributed by atoms with van der Waals surface area (Å²) in [5, 5.41) is 4.36. The molecule has 0 aliphatic carbocycles. The summed E-state index contributed by atoms with van der Waals surface area (Å²) in [5.41, 5.74) is 1.42. The highest BCUT2D eigenvalue weighted by Crippen LogP contribution is 2.28. The molecule has 19 heavy (non-hydrogen) atoms. The summed E-state index contributed by atoms with van der Waals surface area (Å²) in [4.78, 5) is 11.9. The van der Waals surface area contributed by atoms with E-state index in [1.165, 1.54) is 0 Å². The zero-order valence-electron chi connectivity index (χ0n) is 11.3. The van der Waals surface area contributed by atoms with Crippen molar-refractivity contribution in [1.82, 2.24) is 0 Å². The molecule has 1 atom stereocenters. The van der Waals surface area contributed by atoms with Crippen LogP contribution in [-0.2, 0) is 0 Å². The number of carbonyl (C=O) groups is 1. The number of aromatic hydroxyl groups is 1. The number of Topliss-reactive ketones (excluding diaryl/α,β-unsaturated/α-hetero) is 1. The molecule has 0 fully saturated rings. The Labute approximate surface area is 121 Å². The predicted molar refractivity (Wildman–Crippen MR) is 77.1 cm³/mol. The van der Waals surface area contributed by atoms with E-state index in [0.29, 0.717) is 17.1 Å². The average Bonchev–Trinajstić information content (AvgIpc) is 2.53. The summed E-state index contributed by atoms with van der Waals surface area (Å²) in [6.07, 6.45) is 0. The van der Waals surface area contributed by atoms with Gasteiger partial charge in [-0.25, -0.2) is 0 Å². The van der Waals surface area contributed by atoms with Crippen LogP contribution in [-0.4, -0.2) is 19.4 Å². The van der Waals surface area contributed by atoms with E-state index < -0.39 is 4.83 Å². The first-order valence-corrected chi connectivity index (χ1v) is 6.62. The number of ether oxygens (including phenoxy) is 1. The van der Waals surface area contributed by atoms with Crippen LogP contribution in [0.3, 0.4) is 0 Å². The molecule has 1 unspecified atom stereocenters. The van der Waals surface area contributed by atoms with E-state index in [1.807, 2.05) is 0 Å². The van der Waals surface area contributed by atoms with E-state index in [2.05, 4.69) is 21.0 Å². The van der Waals surface area contributed by atoms with Crippen molar-refractivity contribution in [2.24, 2.45) is 0 Å². The van der Waals surface area contributed by atoms with Gasteiger partial charge in [0.2, 0.25) is 0 Å². The SMILES string of the molecule is [3H]Oc1ccc(C(Br)C(=O)c2ccc(OC)cc2)cc1. The third-order valence-corrected chi connectivity index (χ3v) is 3.72. The minimum atomic E-state index is -0.435. The van der Waals surface area contributed by atoms with Crippen LogP contribution in [0.15, 0.2) is 48.5 Å². The highest BCUT2D eigenvalue weighted by Gasteiger charge is 2.18. The van der Waals surface area contributed by atoms with Gasteiger partial charge >= 0.3 is 0 Å². The molecule has 0 aliphatic rings. The first-order chi connectivity index (χ1) is 9.65. The number of phenols is 1. The molecule has 0 saturated heterocycles. The predicted octanol–water partition coefficient (Wildman–Crippen LogP) is 3.72. The second-order valence-electron chi connectivity index (χ2n) is 4.02. The van der Waals surface area contributed by atoms with Crippen molar-refractivity contribution >= 4 is 21.7 Å². The largest absolute Gasteiger partial charge is 0.508 e. The van der Waals surface area contributed by atoms with Crippen LogP contribution in [0.5, 0.6) is 11.5 Å². The summed E-state index contributed by atoms with van der Waals surface area (Å²) in [6.45, 7) is 0. The fourth-order valence-electron chi connectivity index (χ4n) is 1.69. The average molecular weight is 323 g/mol. The van der Waals surface area contributed by atoms with E-state index in [4.69, 9.17) is 6.17 Å². The van der Waals surface area contributed by atoms with Gasteiger partial charge < -0.3 is 9.85 Å². The second kappa shape index (κ2) is 5.89. The summed E-state index contributed by atoms with van der Waals surface area (Å²) in [6, 6.07) is 13.8. The smallest absolute Gasteiger partial charge is 0.293 e. The van der Waals surface area contributed by atoms with Crippen molar-refractivity contribution in [3.63, 3.8) is 0 Å². The van der Waals surface area contributed by atoms with Crippen LogP contribution >= 0.6 is 15.9 Å². The molecule has 0 heterocycles. The zero-order valence-corrected chi connectivity index (χ0v) is 11.9. The van der Waals surface area contributed by atoms with Crippen molar-refractivity contribution in [2.75, 3.05) is 7.11 Å². The summed E-state index contributed by atoms with van der Waals surface area (Å²) < 4.78 is 11.9. The highest BCUT2D eigenvalue weighted by atomic mass is 79.9. The molecule has 2 rings (SSSR count). The van der Waals surface area contributed by atoms with Gasteiger partial charge in [0.15, 0.2) is 5.78 Å². The maximum Gasteiger partial charge on any atom is 0.293 e. The van der Waals surface area contributed by atoms with Gasteiger partial charge in [0.25, 0.3) is 1.43 Å². The minimum absolute atomic E-state index is 0.0350. The quantitative estimate of drug-likeness (QED) is 0.674. The van der Waals surface area contributed by atoms with Crippen LogP contribution in [0, 0.1) is 0 Å². The molecule has 2 aromatic carbocycles. The number of phenolic OH excluding ortho intramolecular Hbond substituents is 1. The molecule has 0 aliphatic heterocycles. The fraction of sp³-hybridized carbons (Fsp3) is 0.133. The molecule has 3 nitrogen and oxygen atoms in total. The Kier molecular flexibility index (Phi) is 3.79. The minimum Gasteiger partial charge on any atom is -0.508 e. The highest BCUT2D eigenvalue weighted by molar-refractivity contribution is 9.09. The van der Waals surface area contributed by atoms with Crippen LogP contribution < -0.4 is 4.74 Å². The second-order valence-corrected chi connectivity index (χ2v) is 4.94. The van der Waals surface area contributed by atoms with E-state index in [1.54, 1.807) is 55.6 Å². The number of hydrogen-bond donors (Lipinski definition) is 1. The number of halogens is 1. The summed E-state index contributed by atoms with van der Waals surface area (Å²) in [7, 11) is 1.58. The van der Waals surface area contributed by atoms with Gasteiger partial charge in [-0.15, -0.1) is 0 Å². The maximum atomic E-state index is 12.3. The van der Waals surface area contributed by atoms with Gasteiger partial charge in [0.1, 0.15) is 16.3 Å². The maximum absolute atomic E-state index is 12.3. The zero-order chi connectivity index (χ0) is 14.5. The molecule has 0 saturated carbocycles. The van der Waals surface area contributed by atoms with Gasteiger partial charge in [0.05, 0.1) is 7.11 Å². The molecule has 0 bridgehead atoms. The lowest BCUT2D eigenvalue weighted by molar-refractivity contribution is 0.0991. The van der Waals surface area contributed by atoms with Gasteiger partial charge in [-0.05, 0) is 42.0 Å². The van der Waals surface area contributed by atoms with Crippen LogP contribution in [0.4, 0.5) is 0 Å². The van der Waals surface area contributed by atoms with Crippen molar-refractivity contribution in [2.45, 2.75) is 4.83 Å². The van der Waals surface area contributed by atoms with Gasteiger partial charge in [-0.3, -0.25) is 4.79 Å². The third-order valence-electron chi connectivity index (χ3n) is 2.78. The molecule has 98 valence electrons. The molecule has 2 aromatic rings. The number of hydrogen-bond acceptors (Lipinski definition) is 3. The topological polar surface area (TPSA) is 46.5 Å². The van der Waals surface area contributed by atoms with Crippen LogP contribution in [0.2, 0.25) is 0 Å². The van der Waals surface area contributed by atoms with Gasteiger partial charge in [-0.2, -0.15) is 0 Å². The number of rotatable bonds is 5. The molecular formula is C15H13BrO3. The van der Waals surface area contributed by atoms with Crippen LogP contribution in [0.25, 0.3) is 0 Å². The van der Waals surface area contributed by atoms with Crippen molar-refractivity contribution in [3.8, 4) is 11.5 Å². The standard InChI is InChI=1S/C15H13BrO3/c1-19-13-8-4-11(5-9-13)15(18)14(16)10-2-6-12(17)7-3-10/h2-9,14,17H,1H3/i/hT. The molecular weight excluding hydrogens is 308 g/mol. The summed E-state index contributed by atoms with van der Waals surface area (Å²) in [5.74, 6) is 1.11. The van der Waals surface area contributed by atoms with Gasteiger partial charge in [0, 0.05) is 5.56 Å². The van der Waals surface area contributed by atoms with E-state index in [-0.39, 0.29) is 5.78 Å². The Bertz CT molecular complexity index is 581. The number of methoxy groups -OCH3 is 1. The first kappa shape index (κ1) is 12.2. The Hall–Kier alpha value is -1.81. The van der Waals surface area contributed by atoms with Crippen molar-refractivity contribution in [3.05, 3.63) is 59.7 Å².